The number of fused-ring (bicyclic) bond motifs is 1. The number of furan rings is 1. The number of amides is 3. The zero-order valence-corrected chi connectivity index (χ0v) is 27.4. The molecule has 2 aliphatic heterocycles. The van der Waals surface area contributed by atoms with Gasteiger partial charge >= 0.3 is 0 Å². The molecule has 3 fully saturated rings. The van der Waals surface area contributed by atoms with Crippen LogP contribution in [0.4, 0.5) is 0 Å². The van der Waals surface area contributed by atoms with Crippen LogP contribution in [-0.4, -0.2) is 68.8 Å². The molecule has 1 aliphatic carbocycles. The quantitative estimate of drug-likeness (QED) is 0.228. The lowest BCUT2D eigenvalue weighted by atomic mass is 9.82. The Morgan fingerprint density at radius 2 is 1.70 bits per heavy atom. The smallest absolute Gasteiger partial charge is 0.287 e. The molecule has 1 unspecified atom stereocenters. The van der Waals surface area contributed by atoms with Crippen molar-refractivity contribution in [1.82, 2.24) is 21.3 Å². The SMILES string of the molecule is COc1ccc2oc(C(=O)NC3(C(=O)NC(Cc4ccccc4)C(=O)N[C@H](CC4CCOCC4)C4CCNCC4)CCCC3)cc2c1. The summed E-state index contributed by atoms with van der Waals surface area (Å²) in [6.45, 7) is 3.41. The summed E-state index contributed by atoms with van der Waals surface area (Å²) in [5.41, 5.74) is 0.377. The fourth-order valence-electron chi connectivity index (χ4n) is 7.52. The van der Waals surface area contributed by atoms with E-state index in [1.807, 2.05) is 30.3 Å². The van der Waals surface area contributed by atoms with Crippen molar-refractivity contribution in [2.75, 3.05) is 33.4 Å². The monoisotopic (exact) mass is 644 g/mol. The average molecular weight is 645 g/mol. The molecule has 2 aromatic carbocycles. The molecule has 1 aromatic heterocycles. The number of nitrogens with one attached hydrogen (secondary N) is 4. The van der Waals surface area contributed by atoms with Crippen molar-refractivity contribution in [1.29, 1.82) is 0 Å². The molecular formula is C37H48N4O6. The molecule has 0 radical (unpaired) electrons. The van der Waals surface area contributed by atoms with Gasteiger partial charge < -0.3 is 35.2 Å². The first-order valence-electron chi connectivity index (χ1n) is 17.3. The number of ether oxygens (including phenoxy) is 2. The van der Waals surface area contributed by atoms with Gasteiger partial charge in [0, 0.05) is 31.1 Å². The molecule has 3 aromatic rings. The van der Waals surface area contributed by atoms with E-state index in [1.165, 1.54) is 0 Å². The fraction of sp³-hybridized carbons (Fsp3) is 0.541. The first-order valence-corrected chi connectivity index (χ1v) is 17.3. The third-order valence-electron chi connectivity index (χ3n) is 10.3. The van der Waals surface area contributed by atoms with E-state index in [1.54, 1.807) is 31.4 Å². The highest BCUT2D eigenvalue weighted by Gasteiger charge is 2.44. The van der Waals surface area contributed by atoms with Crippen LogP contribution in [0.1, 0.15) is 73.9 Å². The Hall–Kier alpha value is -3.89. The van der Waals surface area contributed by atoms with Crippen molar-refractivity contribution in [3.63, 3.8) is 0 Å². The molecular weight excluding hydrogens is 596 g/mol. The molecule has 0 spiro atoms. The standard InChI is InChI=1S/C37H48N4O6/c1-45-29-9-10-32-28(23-29)24-33(47-32)35(43)41-37(15-5-6-16-37)36(44)40-31(22-25-7-3-2-4-8-25)34(42)39-30(27-11-17-38-18-12-27)21-26-13-19-46-20-14-26/h2-4,7-10,23-24,26-27,30-31,38H,5-6,11-22H2,1H3,(H,39,42)(H,40,44)(H,41,43)/t30-,31?/m1/s1. The maximum absolute atomic E-state index is 14.2. The molecule has 0 bridgehead atoms. The first-order chi connectivity index (χ1) is 22.9. The molecule has 2 atom stereocenters. The summed E-state index contributed by atoms with van der Waals surface area (Å²) in [7, 11) is 1.59. The van der Waals surface area contributed by atoms with Crippen LogP contribution in [0, 0.1) is 11.8 Å². The van der Waals surface area contributed by atoms with E-state index in [9.17, 15) is 14.4 Å². The minimum absolute atomic E-state index is 0.0229. The van der Waals surface area contributed by atoms with Crippen LogP contribution < -0.4 is 26.0 Å². The minimum Gasteiger partial charge on any atom is -0.497 e. The van der Waals surface area contributed by atoms with Gasteiger partial charge in [-0.15, -0.1) is 0 Å². The molecule has 1 saturated carbocycles. The maximum atomic E-state index is 14.2. The summed E-state index contributed by atoms with van der Waals surface area (Å²) in [6.07, 6.45) is 7.85. The van der Waals surface area contributed by atoms with Gasteiger partial charge in [0.1, 0.15) is 22.9 Å². The van der Waals surface area contributed by atoms with Gasteiger partial charge in [-0.05, 0) is 99.7 Å². The second-order valence-corrected chi connectivity index (χ2v) is 13.5. The Kier molecular flexibility index (Phi) is 10.8. The minimum atomic E-state index is -1.14. The number of methoxy groups -OCH3 is 1. The second-order valence-electron chi connectivity index (χ2n) is 13.5. The summed E-state index contributed by atoms with van der Waals surface area (Å²) >= 11 is 0. The van der Waals surface area contributed by atoms with Gasteiger partial charge in [0.15, 0.2) is 5.76 Å². The highest BCUT2D eigenvalue weighted by atomic mass is 16.5. The predicted octanol–water partition coefficient (Wildman–Crippen LogP) is 4.51. The van der Waals surface area contributed by atoms with Crippen LogP contribution >= 0.6 is 0 Å². The average Bonchev–Trinajstić information content (AvgIpc) is 3.77. The van der Waals surface area contributed by atoms with Gasteiger partial charge in [0.25, 0.3) is 5.91 Å². The number of benzene rings is 2. The van der Waals surface area contributed by atoms with Crippen molar-refractivity contribution in [3.05, 3.63) is 65.9 Å². The number of carbonyl (C=O) groups excluding carboxylic acids is 3. The molecule has 3 amide bonds. The summed E-state index contributed by atoms with van der Waals surface area (Å²) in [5.74, 6) is 0.702. The third-order valence-corrected chi connectivity index (χ3v) is 10.3. The number of hydrogen-bond donors (Lipinski definition) is 4. The topological polar surface area (TPSA) is 131 Å². The van der Waals surface area contributed by atoms with Crippen molar-refractivity contribution >= 4 is 28.7 Å². The van der Waals surface area contributed by atoms with Crippen molar-refractivity contribution in [3.8, 4) is 5.75 Å². The molecule has 4 N–H and O–H groups in total. The van der Waals surface area contributed by atoms with E-state index < -0.39 is 17.5 Å². The van der Waals surface area contributed by atoms with E-state index in [-0.39, 0.29) is 23.6 Å². The van der Waals surface area contributed by atoms with Gasteiger partial charge in [0.2, 0.25) is 11.8 Å². The predicted molar refractivity (Wildman–Crippen MR) is 179 cm³/mol. The van der Waals surface area contributed by atoms with E-state index in [0.29, 0.717) is 42.4 Å². The highest BCUT2D eigenvalue weighted by Crippen LogP contribution is 2.32. The van der Waals surface area contributed by atoms with Crippen molar-refractivity contribution in [2.24, 2.45) is 11.8 Å². The van der Waals surface area contributed by atoms with E-state index in [2.05, 4.69) is 21.3 Å². The second kappa shape index (κ2) is 15.3. The maximum Gasteiger partial charge on any atom is 0.287 e. The molecule has 10 nitrogen and oxygen atoms in total. The Labute approximate surface area is 276 Å². The number of rotatable bonds is 12. The van der Waals surface area contributed by atoms with E-state index in [0.717, 1.165) is 82.2 Å². The zero-order chi connectivity index (χ0) is 32.6. The largest absolute Gasteiger partial charge is 0.497 e. The summed E-state index contributed by atoms with van der Waals surface area (Å²) in [5, 5.41) is 13.7. The van der Waals surface area contributed by atoms with Gasteiger partial charge in [-0.25, -0.2) is 0 Å². The van der Waals surface area contributed by atoms with Gasteiger partial charge in [-0.2, -0.15) is 0 Å². The summed E-state index contributed by atoms with van der Waals surface area (Å²) in [4.78, 5) is 42.0. The molecule has 6 rings (SSSR count). The lowest BCUT2D eigenvalue weighted by molar-refractivity contribution is -0.133. The van der Waals surface area contributed by atoms with Crippen LogP contribution in [0.25, 0.3) is 11.0 Å². The Morgan fingerprint density at radius 1 is 0.957 bits per heavy atom. The first kappa shape index (κ1) is 33.0. The van der Waals surface area contributed by atoms with Crippen LogP contribution in [-0.2, 0) is 20.7 Å². The molecule has 252 valence electrons. The Morgan fingerprint density at radius 3 is 2.43 bits per heavy atom. The van der Waals surface area contributed by atoms with Crippen LogP contribution in [0.15, 0.2) is 59.0 Å². The van der Waals surface area contributed by atoms with Gasteiger partial charge in [-0.3, -0.25) is 14.4 Å². The Balaban J connectivity index is 1.20. The summed E-state index contributed by atoms with van der Waals surface area (Å²) in [6, 6.07) is 16.0. The van der Waals surface area contributed by atoms with E-state index >= 15 is 0 Å². The van der Waals surface area contributed by atoms with Gasteiger partial charge in [-0.1, -0.05) is 43.2 Å². The highest BCUT2D eigenvalue weighted by molar-refractivity contribution is 6.01. The number of hydrogen-bond acceptors (Lipinski definition) is 7. The molecule has 3 heterocycles. The molecule has 10 heteroatoms. The van der Waals surface area contributed by atoms with Crippen molar-refractivity contribution in [2.45, 2.75) is 81.8 Å². The summed E-state index contributed by atoms with van der Waals surface area (Å²) < 4.78 is 16.8. The lowest BCUT2D eigenvalue weighted by Gasteiger charge is -2.36. The zero-order valence-electron chi connectivity index (χ0n) is 27.4. The van der Waals surface area contributed by atoms with Crippen LogP contribution in [0.3, 0.4) is 0 Å². The molecule has 2 saturated heterocycles. The van der Waals surface area contributed by atoms with Crippen LogP contribution in [0.5, 0.6) is 5.75 Å². The normalized spacial score (nSPS) is 19.9. The number of carbonyl (C=O) groups is 3. The number of piperidine rings is 1. The third kappa shape index (κ3) is 8.16. The Bertz CT molecular complexity index is 1510. The molecule has 3 aliphatic rings. The van der Waals surface area contributed by atoms with Crippen LogP contribution in [0.2, 0.25) is 0 Å². The van der Waals surface area contributed by atoms with E-state index in [4.69, 9.17) is 13.9 Å². The lowest BCUT2D eigenvalue weighted by Crippen LogP contribution is -2.62. The van der Waals surface area contributed by atoms with Crippen molar-refractivity contribution < 1.29 is 28.3 Å². The fourth-order valence-corrected chi connectivity index (χ4v) is 7.52. The van der Waals surface area contributed by atoms with Gasteiger partial charge in [0.05, 0.1) is 7.11 Å². The molecule has 47 heavy (non-hydrogen) atoms.